The predicted octanol–water partition coefficient (Wildman–Crippen LogP) is 5.24. The van der Waals surface area contributed by atoms with Gasteiger partial charge < -0.3 is 20.2 Å². The molecule has 0 unspecified atom stereocenters. The van der Waals surface area contributed by atoms with Crippen LogP contribution in [0, 0.1) is 0 Å². The number of para-hydroxylation sites is 1. The first-order valence-corrected chi connectivity index (χ1v) is 10.2. The van der Waals surface area contributed by atoms with E-state index >= 15 is 0 Å². The highest BCUT2D eigenvalue weighted by molar-refractivity contribution is 5.92. The number of carbonyl (C=O) groups excluding carboxylic acids is 1. The Hall–Kier alpha value is -3.72. The Bertz CT molecular complexity index is 1060. The van der Waals surface area contributed by atoms with Crippen LogP contribution in [0.25, 0.3) is 0 Å². The molecule has 0 saturated carbocycles. The Morgan fingerprint density at radius 2 is 1.64 bits per heavy atom. The zero-order valence-electron chi connectivity index (χ0n) is 17.9. The van der Waals surface area contributed by atoms with Crippen molar-refractivity contribution in [1.82, 2.24) is 5.43 Å². The number of anilines is 2. The molecule has 0 aliphatic carbocycles. The van der Waals surface area contributed by atoms with E-state index in [9.17, 15) is 18.0 Å². The number of nitrogens with one attached hydrogen (secondary N) is 3. The fourth-order valence-corrected chi connectivity index (χ4v) is 2.93. The van der Waals surface area contributed by atoms with E-state index in [-0.39, 0.29) is 12.3 Å². The lowest BCUT2D eigenvalue weighted by Gasteiger charge is -2.14. The lowest BCUT2D eigenvalue weighted by atomic mass is 10.2. The molecule has 0 aromatic heterocycles. The van der Waals surface area contributed by atoms with E-state index in [1.165, 1.54) is 12.1 Å². The van der Waals surface area contributed by atoms with Crippen molar-refractivity contribution in [3.63, 3.8) is 0 Å². The zero-order chi connectivity index (χ0) is 23.7. The molecule has 0 radical (unpaired) electrons. The number of hydrazine groups is 1. The Kier molecular flexibility index (Phi) is 8.15. The molecule has 6 nitrogen and oxygen atoms in total. The molecule has 0 heterocycles. The molecule has 33 heavy (non-hydrogen) atoms. The van der Waals surface area contributed by atoms with Gasteiger partial charge >= 0.3 is 6.18 Å². The Morgan fingerprint density at radius 3 is 2.36 bits per heavy atom. The second-order valence-electron chi connectivity index (χ2n) is 6.97. The molecular weight excluding hydrogens is 435 g/mol. The van der Waals surface area contributed by atoms with Crippen molar-refractivity contribution in [2.24, 2.45) is 0 Å². The molecule has 9 heteroatoms. The standard InChI is InChI=1S/C24H24F3N3O3/c1-2-32-22-13-17(15-28-30-19-8-4-3-5-9-19)11-12-21(22)33-16-23(31)29-20-10-6-7-18(14-20)24(25,26)27/h3-14,28,30H,2,15-16H2,1H3,(H,29,31). The fraction of sp³-hybridized carbons (Fsp3) is 0.208. The Labute approximate surface area is 189 Å². The lowest BCUT2D eigenvalue weighted by molar-refractivity contribution is -0.137. The van der Waals surface area contributed by atoms with E-state index in [0.29, 0.717) is 24.7 Å². The number of hydrogen-bond donors (Lipinski definition) is 3. The predicted molar refractivity (Wildman–Crippen MR) is 120 cm³/mol. The van der Waals surface area contributed by atoms with Gasteiger partial charge in [-0.3, -0.25) is 4.79 Å². The van der Waals surface area contributed by atoms with Gasteiger partial charge in [0.1, 0.15) is 0 Å². The Morgan fingerprint density at radius 1 is 0.879 bits per heavy atom. The van der Waals surface area contributed by atoms with E-state index in [1.54, 1.807) is 12.1 Å². The monoisotopic (exact) mass is 459 g/mol. The van der Waals surface area contributed by atoms with Gasteiger partial charge in [-0.05, 0) is 55.0 Å². The van der Waals surface area contributed by atoms with Crippen LogP contribution in [0.4, 0.5) is 24.5 Å². The van der Waals surface area contributed by atoms with Crippen molar-refractivity contribution in [2.45, 2.75) is 19.6 Å². The van der Waals surface area contributed by atoms with E-state index in [2.05, 4.69) is 16.2 Å². The number of halogens is 3. The second-order valence-corrected chi connectivity index (χ2v) is 6.97. The summed E-state index contributed by atoms with van der Waals surface area (Å²) < 4.78 is 49.7. The van der Waals surface area contributed by atoms with Crippen molar-refractivity contribution in [2.75, 3.05) is 24.0 Å². The average Bonchev–Trinajstić information content (AvgIpc) is 2.79. The molecule has 0 aliphatic rings. The van der Waals surface area contributed by atoms with Crippen molar-refractivity contribution < 1.29 is 27.4 Å². The van der Waals surface area contributed by atoms with E-state index < -0.39 is 17.6 Å². The summed E-state index contributed by atoms with van der Waals surface area (Å²) in [6, 6.07) is 19.3. The highest BCUT2D eigenvalue weighted by Gasteiger charge is 2.30. The molecule has 1 amide bonds. The van der Waals surface area contributed by atoms with Gasteiger partial charge in [0.05, 0.1) is 12.2 Å². The van der Waals surface area contributed by atoms with Crippen LogP contribution < -0.4 is 25.6 Å². The third-order valence-electron chi connectivity index (χ3n) is 4.44. The van der Waals surface area contributed by atoms with Gasteiger partial charge in [-0.15, -0.1) is 0 Å². The largest absolute Gasteiger partial charge is 0.490 e. The quantitative estimate of drug-likeness (QED) is 0.362. The van der Waals surface area contributed by atoms with Crippen LogP contribution in [0.1, 0.15) is 18.1 Å². The molecule has 3 N–H and O–H groups in total. The number of benzene rings is 3. The van der Waals surface area contributed by atoms with Gasteiger partial charge in [0, 0.05) is 17.9 Å². The topological polar surface area (TPSA) is 71.6 Å². The molecule has 0 atom stereocenters. The first kappa shape index (κ1) is 23.9. The van der Waals surface area contributed by atoms with Crippen molar-refractivity contribution in [3.8, 4) is 11.5 Å². The van der Waals surface area contributed by atoms with Crippen LogP contribution >= 0.6 is 0 Å². The maximum atomic E-state index is 12.8. The molecule has 0 spiro atoms. The number of carbonyl (C=O) groups is 1. The molecule has 174 valence electrons. The van der Waals surface area contributed by atoms with Crippen molar-refractivity contribution in [3.05, 3.63) is 83.9 Å². The highest BCUT2D eigenvalue weighted by atomic mass is 19.4. The number of alkyl halides is 3. The zero-order valence-corrected chi connectivity index (χ0v) is 17.9. The summed E-state index contributed by atoms with van der Waals surface area (Å²) in [6.45, 7) is 2.34. The fourth-order valence-electron chi connectivity index (χ4n) is 2.93. The second kappa shape index (κ2) is 11.2. The third-order valence-corrected chi connectivity index (χ3v) is 4.44. The van der Waals surface area contributed by atoms with Crippen LogP contribution in [0.2, 0.25) is 0 Å². The number of amides is 1. The maximum Gasteiger partial charge on any atom is 0.416 e. The minimum atomic E-state index is -4.49. The van der Waals surface area contributed by atoms with E-state index in [0.717, 1.165) is 23.4 Å². The van der Waals surface area contributed by atoms with E-state index in [1.807, 2.05) is 43.3 Å². The van der Waals surface area contributed by atoms with Gasteiger partial charge in [0.25, 0.3) is 5.91 Å². The minimum Gasteiger partial charge on any atom is -0.490 e. The highest BCUT2D eigenvalue weighted by Crippen LogP contribution is 2.31. The van der Waals surface area contributed by atoms with Crippen molar-refractivity contribution in [1.29, 1.82) is 0 Å². The molecule has 0 aliphatic heterocycles. The summed E-state index contributed by atoms with van der Waals surface area (Å²) in [6.07, 6.45) is -4.49. The van der Waals surface area contributed by atoms with Crippen LogP contribution in [-0.4, -0.2) is 19.1 Å². The summed E-state index contributed by atoms with van der Waals surface area (Å²) in [7, 11) is 0. The smallest absolute Gasteiger partial charge is 0.416 e. The molecule has 3 aromatic rings. The van der Waals surface area contributed by atoms with E-state index in [4.69, 9.17) is 9.47 Å². The van der Waals surface area contributed by atoms with Gasteiger partial charge in [0.2, 0.25) is 0 Å². The lowest BCUT2D eigenvalue weighted by Crippen LogP contribution is -2.21. The van der Waals surface area contributed by atoms with Crippen LogP contribution in [0.3, 0.4) is 0 Å². The maximum absolute atomic E-state index is 12.8. The van der Waals surface area contributed by atoms with Gasteiger partial charge in [-0.2, -0.15) is 13.2 Å². The summed E-state index contributed by atoms with van der Waals surface area (Å²) in [5.74, 6) is 0.230. The molecule has 3 rings (SSSR count). The molecule has 0 saturated heterocycles. The summed E-state index contributed by atoms with van der Waals surface area (Å²) in [5, 5.41) is 2.41. The van der Waals surface area contributed by atoms with Gasteiger partial charge in [0.15, 0.2) is 18.1 Å². The molecule has 0 fully saturated rings. The molecular formula is C24H24F3N3O3. The number of ether oxygens (including phenoxy) is 2. The van der Waals surface area contributed by atoms with Crippen LogP contribution in [0.15, 0.2) is 72.8 Å². The first-order valence-electron chi connectivity index (χ1n) is 10.2. The minimum absolute atomic E-state index is 0.0378. The summed E-state index contributed by atoms with van der Waals surface area (Å²) in [5.41, 5.74) is 7.24. The number of rotatable bonds is 10. The third kappa shape index (κ3) is 7.43. The number of hydrogen-bond acceptors (Lipinski definition) is 5. The molecule has 0 bridgehead atoms. The summed E-state index contributed by atoms with van der Waals surface area (Å²) in [4.78, 5) is 12.2. The first-order chi connectivity index (χ1) is 15.8. The normalized spacial score (nSPS) is 11.0. The van der Waals surface area contributed by atoms with Crippen LogP contribution in [0.5, 0.6) is 11.5 Å². The molecule has 3 aromatic carbocycles. The SMILES string of the molecule is CCOc1cc(CNNc2ccccc2)ccc1OCC(=O)Nc1cccc(C(F)(F)F)c1. The van der Waals surface area contributed by atoms with Crippen molar-refractivity contribution >= 4 is 17.3 Å². The Balaban J connectivity index is 1.56. The summed E-state index contributed by atoms with van der Waals surface area (Å²) >= 11 is 0. The average molecular weight is 459 g/mol. The van der Waals surface area contributed by atoms with Crippen LogP contribution in [-0.2, 0) is 17.5 Å². The van der Waals surface area contributed by atoms with Gasteiger partial charge in [-0.25, -0.2) is 5.43 Å². The van der Waals surface area contributed by atoms with Gasteiger partial charge in [-0.1, -0.05) is 30.3 Å².